The second-order valence-electron chi connectivity index (χ2n) is 6.71. The van der Waals surface area contributed by atoms with Crippen molar-refractivity contribution in [2.45, 2.75) is 24.3 Å². The minimum Gasteiger partial charge on any atom is -0.462 e. The average Bonchev–Trinajstić information content (AvgIpc) is 3.14. The second kappa shape index (κ2) is 8.44. The Hall–Kier alpha value is -3.20. The Balaban J connectivity index is 1.85. The first kappa shape index (κ1) is 20.5. The third-order valence-electron chi connectivity index (χ3n) is 4.44. The molecular formula is C20H23N3O5S. The number of rotatable bonds is 8. The Morgan fingerprint density at radius 1 is 1.24 bits per heavy atom. The number of hydrogen-bond acceptors (Lipinski definition) is 6. The van der Waals surface area contributed by atoms with Crippen molar-refractivity contribution >= 4 is 38.5 Å². The Morgan fingerprint density at radius 2 is 1.97 bits per heavy atom. The number of anilines is 2. The molecular weight excluding hydrogens is 394 g/mol. The Kier molecular flexibility index (Phi) is 5.97. The van der Waals surface area contributed by atoms with Crippen molar-refractivity contribution in [3.05, 3.63) is 54.8 Å². The van der Waals surface area contributed by atoms with Crippen LogP contribution in [0.5, 0.6) is 0 Å². The van der Waals surface area contributed by atoms with Gasteiger partial charge in [-0.1, -0.05) is 18.2 Å². The van der Waals surface area contributed by atoms with Gasteiger partial charge in [-0.05, 0) is 37.3 Å². The summed E-state index contributed by atoms with van der Waals surface area (Å²) in [4.78, 5) is 13.0. The molecule has 1 atom stereocenters. The van der Waals surface area contributed by atoms with E-state index in [1.807, 2.05) is 11.9 Å². The van der Waals surface area contributed by atoms with Crippen LogP contribution in [0.2, 0.25) is 0 Å². The van der Waals surface area contributed by atoms with Gasteiger partial charge in [0.25, 0.3) is 10.0 Å². The molecule has 8 nitrogen and oxygen atoms in total. The predicted molar refractivity (Wildman–Crippen MR) is 111 cm³/mol. The van der Waals surface area contributed by atoms with E-state index in [0.717, 1.165) is 5.39 Å². The minimum atomic E-state index is -3.72. The van der Waals surface area contributed by atoms with Crippen LogP contribution in [0.1, 0.15) is 13.3 Å². The molecule has 9 heteroatoms. The number of ether oxygens (including phenoxy) is 1. The third-order valence-corrected chi connectivity index (χ3v) is 5.83. The summed E-state index contributed by atoms with van der Waals surface area (Å²) in [6.45, 7) is 2.30. The summed E-state index contributed by atoms with van der Waals surface area (Å²) in [5.74, 6) is 0. The van der Waals surface area contributed by atoms with Crippen LogP contribution in [0.4, 0.5) is 16.2 Å². The Morgan fingerprint density at radius 3 is 2.66 bits per heavy atom. The van der Waals surface area contributed by atoms with Crippen LogP contribution >= 0.6 is 0 Å². The number of carbonyl (C=O) groups excluding carboxylic acids is 1. The first-order valence-electron chi connectivity index (χ1n) is 9.02. The fourth-order valence-electron chi connectivity index (χ4n) is 2.97. The van der Waals surface area contributed by atoms with Crippen molar-refractivity contribution in [1.82, 2.24) is 0 Å². The third kappa shape index (κ3) is 5.00. The van der Waals surface area contributed by atoms with Gasteiger partial charge in [-0.25, -0.2) is 13.2 Å². The van der Waals surface area contributed by atoms with Crippen LogP contribution in [0.15, 0.2) is 64.1 Å². The first-order chi connectivity index (χ1) is 13.8. The second-order valence-corrected chi connectivity index (χ2v) is 8.39. The molecule has 1 aromatic heterocycles. The van der Waals surface area contributed by atoms with Crippen LogP contribution in [0.3, 0.4) is 0 Å². The number of fused-ring (bicyclic) bond motifs is 1. The lowest BCUT2D eigenvalue weighted by Gasteiger charge is -2.22. The van der Waals surface area contributed by atoms with E-state index in [1.165, 1.54) is 12.1 Å². The number of nitrogens with one attached hydrogen (secondary N) is 1. The fourth-order valence-corrected chi connectivity index (χ4v) is 4.03. The van der Waals surface area contributed by atoms with Crippen molar-refractivity contribution < 1.29 is 22.4 Å². The molecule has 29 heavy (non-hydrogen) atoms. The van der Waals surface area contributed by atoms with E-state index in [9.17, 15) is 13.2 Å². The number of primary amides is 1. The molecule has 0 aliphatic carbocycles. The van der Waals surface area contributed by atoms with Gasteiger partial charge >= 0.3 is 6.09 Å². The molecule has 3 N–H and O–H groups in total. The summed E-state index contributed by atoms with van der Waals surface area (Å²) in [5.41, 5.74) is 6.82. The smallest absolute Gasteiger partial charge is 0.404 e. The van der Waals surface area contributed by atoms with E-state index in [2.05, 4.69) is 4.72 Å². The molecule has 154 valence electrons. The van der Waals surface area contributed by atoms with Gasteiger partial charge in [0.2, 0.25) is 0 Å². The summed E-state index contributed by atoms with van der Waals surface area (Å²) in [7, 11) is -1.87. The van der Waals surface area contributed by atoms with Crippen molar-refractivity contribution in [2.24, 2.45) is 5.73 Å². The Labute approximate surface area is 169 Å². The number of nitrogens with two attached hydrogens (primary N) is 1. The van der Waals surface area contributed by atoms with Crippen LogP contribution in [-0.4, -0.2) is 34.2 Å². The summed E-state index contributed by atoms with van der Waals surface area (Å²) in [5, 5.41) is 0.765. The van der Waals surface area contributed by atoms with Gasteiger partial charge < -0.3 is 19.8 Å². The zero-order chi connectivity index (χ0) is 21.0. The van der Waals surface area contributed by atoms with Crippen LogP contribution in [0.25, 0.3) is 11.0 Å². The summed E-state index contributed by atoms with van der Waals surface area (Å²) in [6.07, 6.45) is 0.936. The Bertz CT molecular complexity index is 1100. The van der Waals surface area contributed by atoms with Gasteiger partial charge in [-0.15, -0.1) is 0 Å². The highest BCUT2D eigenvalue weighted by Gasteiger charge is 2.18. The molecule has 0 saturated carbocycles. The van der Waals surface area contributed by atoms with E-state index < -0.39 is 16.1 Å². The minimum absolute atomic E-state index is 0.180. The van der Waals surface area contributed by atoms with Gasteiger partial charge in [-0.2, -0.15) is 0 Å². The largest absolute Gasteiger partial charge is 0.462 e. The molecule has 0 aliphatic heterocycles. The molecule has 0 aliphatic rings. The zero-order valence-corrected chi connectivity index (χ0v) is 17.0. The first-order valence-corrected chi connectivity index (χ1v) is 10.5. The maximum Gasteiger partial charge on any atom is 0.404 e. The lowest BCUT2D eigenvalue weighted by molar-refractivity contribution is 0.112. The molecule has 3 rings (SSSR count). The van der Waals surface area contributed by atoms with E-state index in [0.29, 0.717) is 29.9 Å². The molecule has 3 aromatic rings. The molecule has 0 spiro atoms. The highest BCUT2D eigenvalue weighted by molar-refractivity contribution is 7.92. The predicted octanol–water partition coefficient (Wildman–Crippen LogP) is 3.54. The lowest BCUT2D eigenvalue weighted by Crippen LogP contribution is -2.26. The number of benzene rings is 2. The molecule has 0 radical (unpaired) electrons. The average molecular weight is 417 g/mol. The molecule has 1 heterocycles. The highest BCUT2D eigenvalue weighted by atomic mass is 32.2. The molecule has 2 aromatic carbocycles. The number of hydrogen-bond donors (Lipinski definition) is 2. The topological polar surface area (TPSA) is 115 Å². The standard InChI is InChI=1S/C20H23N3O5S/c1-14(28-20(21)24)8-10-23(2)18-13-16(12-15-9-11-27-19(15)18)22-29(25,26)17-6-4-3-5-7-17/h3-7,9,11-14,22H,8,10H2,1-2H3,(H2,21,24). The van der Waals surface area contributed by atoms with Gasteiger partial charge in [0.05, 0.1) is 22.5 Å². The number of nitrogens with zero attached hydrogens (tertiary/aromatic N) is 1. The van der Waals surface area contributed by atoms with E-state index in [-0.39, 0.29) is 11.0 Å². The van der Waals surface area contributed by atoms with E-state index in [1.54, 1.807) is 49.6 Å². The molecule has 1 unspecified atom stereocenters. The molecule has 0 fully saturated rings. The molecule has 1 amide bonds. The maximum absolute atomic E-state index is 12.7. The van der Waals surface area contributed by atoms with E-state index >= 15 is 0 Å². The molecule has 0 bridgehead atoms. The normalized spacial score (nSPS) is 12.5. The number of furan rings is 1. The highest BCUT2D eigenvalue weighted by Crippen LogP contribution is 2.32. The van der Waals surface area contributed by atoms with Crippen molar-refractivity contribution in [2.75, 3.05) is 23.2 Å². The lowest BCUT2D eigenvalue weighted by atomic mass is 10.2. The van der Waals surface area contributed by atoms with E-state index in [4.69, 9.17) is 14.9 Å². The monoisotopic (exact) mass is 417 g/mol. The summed E-state index contributed by atoms with van der Waals surface area (Å²) >= 11 is 0. The summed E-state index contributed by atoms with van der Waals surface area (Å²) < 4.78 is 38.5. The number of sulfonamides is 1. The quantitative estimate of drug-likeness (QED) is 0.579. The van der Waals surface area contributed by atoms with Crippen LogP contribution in [-0.2, 0) is 14.8 Å². The SMILES string of the molecule is CC(CCN(C)c1cc(NS(=O)(=O)c2ccccc2)cc2ccoc12)OC(N)=O. The van der Waals surface area contributed by atoms with Gasteiger partial charge in [0.1, 0.15) is 6.10 Å². The maximum atomic E-state index is 12.7. The van der Waals surface area contributed by atoms with Crippen molar-refractivity contribution in [3.63, 3.8) is 0 Å². The zero-order valence-electron chi connectivity index (χ0n) is 16.2. The summed E-state index contributed by atoms with van der Waals surface area (Å²) in [6, 6.07) is 13.4. The molecule has 0 saturated heterocycles. The van der Waals surface area contributed by atoms with Crippen LogP contribution < -0.4 is 15.4 Å². The van der Waals surface area contributed by atoms with Crippen molar-refractivity contribution in [1.29, 1.82) is 0 Å². The number of carbonyl (C=O) groups is 1. The van der Waals surface area contributed by atoms with Gasteiger partial charge in [0, 0.05) is 25.4 Å². The van der Waals surface area contributed by atoms with Crippen molar-refractivity contribution in [3.8, 4) is 0 Å². The van der Waals surface area contributed by atoms with Crippen LogP contribution in [0, 0.1) is 0 Å². The van der Waals surface area contributed by atoms with Gasteiger partial charge in [0.15, 0.2) is 5.58 Å². The number of amides is 1. The fraction of sp³-hybridized carbons (Fsp3) is 0.250. The van der Waals surface area contributed by atoms with Gasteiger partial charge in [-0.3, -0.25) is 4.72 Å².